The fraction of sp³-hybridized carbons (Fsp3) is 0.200. The van der Waals surface area contributed by atoms with Gasteiger partial charge in [-0.3, -0.25) is 9.59 Å². The van der Waals surface area contributed by atoms with Crippen LogP contribution in [-0.4, -0.2) is 44.0 Å². The lowest BCUT2D eigenvalue weighted by Gasteiger charge is -2.17. The molecular weight excluding hydrogens is 392 g/mol. The summed E-state index contributed by atoms with van der Waals surface area (Å²) in [5, 5.41) is 2.79. The second-order valence-corrected chi connectivity index (χ2v) is 7.25. The van der Waals surface area contributed by atoms with E-state index in [1.54, 1.807) is 39.2 Å². The van der Waals surface area contributed by atoms with Crippen LogP contribution in [0.1, 0.15) is 17.3 Å². The number of methoxy groups -OCH3 is 1. The summed E-state index contributed by atoms with van der Waals surface area (Å²) in [6.07, 6.45) is -0.750. The molecule has 0 bridgehead atoms. The number of nitrogens with zero attached hydrogens (tertiary/aromatic N) is 1. The van der Waals surface area contributed by atoms with Gasteiger partial charge in [0.05, 0.1) is 12.8 Å². The van der Waals surface area contributed by atoms with Crippen molar-refractivity contribution in [3.05, 3.63) is 78.4 Å². The van der Waals surface area contributed by atoms with E-state index in [4.69, 9.17) is 9.47 Å². The molecule has 3 aromatic rings. The molecule has 0 aliphatic carbocycles. The average molecular weight is 418 g/mol. The molecule has 0 aromatic heterocycles. The van der Waals surface area contributed by atoms with Gasteiger partial charge >= 0.3 is 0 Å². The van der Waals surface area contributed by atoms with Crippen molar-refractivity contribution in [2.24, 2.45) is 0 Å². The molecule has 1 N–H and O–H groups in total. The van der Waals surface area contributed by atoms with Crippen molar-refractivity contribution in [1.29, 1.82) is 0 Å². The van der Waals surface area contributed by atoms with Crippen LogP contribution < -0.4 is 14.8 Å². The van der Waals surface area contributed by atoms with Gasteiger partial charge in [0.1, 0.15) is 11.5 Å². The number of nitrogens with one attached hydrogen (secondary N) is 1. The number of rotatable bonds is 7. The Balaban J connectivity index is 1.69. The van der Waals surface area contributed by atoms with Crippen LogP contribution >= 0.6 is 0 Å². The van der Waals surface area contributed by atoms with E-state index in [1.165, 1.54) is 12.0 Å². The first-order valence-corrected chi connectivity index (χ1v) is 9.91. The van der Waals surface area contributed by atoms with Crippen LogP contribution in [0.4, 0.5) is 5.69 Å². The molecule has 0 heterocycles. The zero-order chi connectivity index (χ0) is 22.4. The van der Waals surface area contributed by atoms with Crippen LogP contribution in [0.5, 0.6) is 11.5 Å². The molecule has 3 rings (SSSR count). The second-order valence-electron chi connectivity index (χ2n) is 7.25. The van der Waals surface area contributed by atoms with E-state index in [9.17, 15) is 9.59 Å². The summed E-state index contributed by atoms with van der Waals surface area (Å²) in [7, 11) is 4.85. The highest BCUT2D eigenvalue weighted by Crippen LogP contribution is 2.27. The summed E-state index contributed by atoms with van der Waals surface area (Å²) in [5.41, 5.74) is 3.04. The van der Waals surface area contributed by atoms with Gasteiger partial charge in [-0.15, -0.1) is 0 Å². The summed E-state index contributed by atoms with van der Waals surface area (Å²) in [6.45, 7) is 1.67. The first-order valence-electron chi connectivity index (χ1n) is 9.91. The Morgan fingerprint density at radius 3 is 2.16 bits per heavy atom. The van der Waals surface area contributed by atoms with E-state index < -0.39 is 6.10 Å². The third-order valence-corrected chi connectivity index (χ3v) is 4.75. The third-order valence-electron chi connectivity index (χ3n) is 4.75. The Hall–Kier alpha value is -3.80. The number of carbonyl (C=O) groups excluding carboxylic acids is 2. The molecular formula is C25H26N2O4. The van der Waals surface area contributed by atoms with Crippen molar-refractivity contribution in [1.82, 2.24) is 4.90 Å². The van der Waals surface area contributed by atoms with Gasteiger partial charge in [-0.05, 0) is 48.4 Å². The summed E-state index contributed by atoms with van der Waals surface area (Å²) >= 11 is 0. The van der Waals surface area contributed by atoms with E-state index in [1.807, 2.05) is 54.6 Å². The van der Waals surface area contributed by atoms with Gasteiger partial charge < -0.3 is 19.7 Å². The molecule has 0 radical (unpaired) electrons. The Morgan fingerprint density at radius 2 is 1.55 bits per heavy atom. The van der Waals surface area contributed by atoms with Crippen LogP contribution in [0.15, 0.2) is 72.8 Å². The standard InChI is InChI=1S/C25H26N2O4/c1-17(31-21-13-10-19(11-14-21)18-8-6-5-7-9-18)24(28)26-22-16-20(25(29)27(2)3)12-15-23(22)30-4/h5-17H,1-4H3,(H,26,28). The van der Waals surface area contributed by atoms with Crippen molar-refractivity contribution in [2.75, 3.05) is 26.5 Å². The maximum Gasteiger partial charge on any atom is 0.265 e. The van der Waals surface area contributed by atoms with Gasteiger partial charge in [0.2, 0.25) is 0 Å². The highest BCUT2D eigenvalue weighted by Gasteiger charge is 2.18. The maximum atomic E-state index is 12.7. The number of carbonyl (C=O) groups is 2. The number of benzene rings is 3. The third kappa shape index (κ3) is 5.42. The van der Waals surface area contributed by atoms with Gasteiger partial charge in [0.15, 0.2) is 6.10 Å². The zero-order valence-electron chi connectivity index (χ0n) is 18.1. The number of ether oxygens (including phenoxy) is 2. The molecule has 2 amide bonds. The predicted molar refractivity (Wildman–Crippen MR) is 122 cm³/mol. The zero-order valence-corrected chi connectivity index (χ0v) is 18.1. The number of hydrogen-bond donors (Lipinski definition) is 1. The Labute approximate surface area is 182 Å². The normalized spacial score (nSPS) is 11.4. The fourth-order valence-corrected chi connectivity index (χ4v) is 3.05. The average Bonchev–Trinajstić information content (AvgIpc) is 2.79. The van der Waals surface area contributed by atoms with Crippen molar-refractivity contribution in [2.45, 2.75) is 13.0 Å². The molecule has 3 aromatic carbocycles. The first kappa shape index (κ1) is 21.9. The van der Waals surface area contributed by atoms with E-state index in [2.05, 4.69) is 5.32 Å². The minimum Gasteiger partial charge on any atom is -0.495 e. The molecule has 0 spiro atoms. The number of amides is 2. The summed E-state index contributed by atoms with van der Waals surface area (Å²) < 4.78 is 11.1. The molecule has 31 heavy (non-hydrogen) atoms. The molecule has 0 fully saturated rings. The van der Waals surface area contributed by atoms with Crippen LogP contribution in [-0.2, 0) is 4.79 Å². The molecule has 6 heteroatoms. The Bertz CT molecular complexity index is 1050. The van der Waals surface area contributed by atoms with Crippen LogP contribution in [0.2, 0.25) is 0 Å². The van der Waals surface area contributed by atoms with E-state index in [0.29, 0.717) is 22.7 Å². The molecule has 6 nitrogen and oxygen atoms in total. The quantitative estimate of drug-likeness (QED) is 0.615. The largest absolute Gasteiger partial charge is 0.495 e. The lowest BCUT2D eigenvalue weighted by molar-refractivity contribution is -0.122. The van der Waals surface area contributed by atoms with Crippen molar-refractivity contribution < 1.29 is 19.1 Å². The van der Waals surface area contributed by atoms with Gasteiger partial charge in [-0.1, -0.05) is 42.5 Å². The van der Waals surface area contributed by atoms with E-state index in [0.717, 1.165) is 11.1 Å². The summed E-state index contributed by atoms with van der Waals surface area (Å²) in [5.74, 6) is 0.537. The van der Waals surface area contributed by atoms with Gasteiger partial charge in [0, 0.05) is 19.7 Å². The van der Waals surface area contributed by atoms with Gasteiger partial charge in [0.25, 0.3) is 11.8 Å². The van der Waals surface area contributed by atoms with Crippen molar-refractivity contribution in [3.8, 4) is 22.6 Å². The Morgan fingerprint density at radius 1 is 0.903 bits per heavy atom. The highest BCUT2D eigenvalue weighted by molar-refractivity contribution is 5.99. The Kier molecular flexibility index (Phi) is 6.92. The monoisotopic (exact) mass is 418 g/mol. The van der Waals surface area contributed by atoms with Gasteiger partial charge in [-0.25, -0.2) is 0 Å². The molecule has 0 saturated heterocycles. The maximum absolute atomic E-state index is 12.7. The number of hydrogen-bond acceptors (Lipinski definition) is 4. The van der Waals surface area contributed by atoms with Crippen molar-refractivity contribution in [3.63, 3.8) is 0 Å². The minimum atomic E-state index is -0.750. The minimum absolute atomic E-state index is 0.166. The molecule has 160 valence electrons. The molecule has 1 atom stereocenters. The highest BCUT2D eigenvalue weighted by atomic mass is 16.5. The van der Waals surface area contributed by atoms with Crippen LogP contribution in [0.3, 0.4) is 0 Å². The summed E-state index contributed by atoms with van der Waals surface area (Å²) in [4.78, 5) is 26.4. The van der Waals surface area contributed by atoms with Crippen LogP contribution in [0, 0.1) is 0 Å². The first-order chi connectivity index (χ1) is 14.9. The molecule has 1 unspecified atom stereocenters. The molecule has 0 aliphatic rings. The fourth-order valence-electron chi connectivity index (χ4n) is 3.05. The second kappa shape index (κ2) is 9.80. The van der Waals surface area contributed by atoms with E-state index in [-0.39, 0.29) is 11.8 Å². The van der Waals surface area contributed by atoms with Crippen LogP contribution in [0.25, 0.3) is 11.1 Å². The summed E-state index contributed by atoms with van der Waals surface area (Å²) in [6, 6.07) is 22.5. The van der Waals surface area contributed by atoms with Crippen molar-refractivity contribution >= 4 is 17.5 Å². The smallest absolute Gasteiger partial charge is 0.265 e. The lowest BCUT2D eigenvalue weighted by Crippen LogP contribution is -2.30. The SMILES string of the molecule is COc1ccc(C(=O)N(C)C)cc1NC(=O)C(C)Oc1ccc(-c2ccccc2)cc1. The predicted octanol–water partition coefficient (Wildman–Crippen LogP) is 4.47. The molecule has 0 aliphatic heterocycles. The lowest BCUT2D eigenvalue weighted by atomic mass is 10.1. The topological polar surface area (TPSA) is 67.9 Å². The number of anilines is 1. The van der Waals surface area contributed by atoms with E-state index >= 15 is 0 Å². The van der Waals surface area contributed by atoms with Gasteiger partial charge in [-0.2, -0.15) is 0 Å². The molecule has 0 saturated carbocycles.